The van der Waals surface area contributed by atoms with Crippen molar-refractivity contribution in [3.05, 3.63) is 23.8 Å². The Morgan fingerprint density at radius 3 is 2.67 bits per heavy atom. The highest BCUT2D eigenvalue weighted by atomic mass is 16.5. The summed E-state index contributed by atoms with van der Waals surface area (Å²) in [6, 6.07) is 5.18. The van der Waals surface area contributed by atoms with Crippen molar-refractivity contribution in [1.29, 1.82) is 0 Å². The number of rotatable bonds is 3. The predicted molar refractivity (Wildman–Crippen MR) is 44.4 cm³/mol. The SMILES string of the molecule is COc1ccc(OC=O)cc1C. The molecule has 12 heavy (non-hydrogen) atoms. The molecule has 64 valence electrons. The van der Waals surface area contributed by atoms with Gasteiger partial charge >= 0.3 is 0 Å². The van der Waals surface area contributed by atoms with Crippen molar-refractivity contribution >= 4 is 6.47 Å². The van der Waals surface area contributed by atoms with Crippen LogP contribution in [-0.2, 0) is 4.79 Å². The zero-order valence-corrected chi connectivity index (χ0v) is 7.03. The number of carbonyl (C=O) groups excluding carboxylic acids is 1. The van der Waals surface area contributed by atoms with Crippen LogP contribution in [0.15, 0.2) is 18.2 Å². The molecule has 0 amide bonds. The van der Waals surface area contributed by atoms with Gasteiger partial charge in [0.05, 0.1) is 7.11 Å². The van der Waals surface area contributed by atoms with E-state index in [1.54, 1.807) is 25.3 Å². The first kappa shape index (κ1) is 8.59. The Balaban J connectivity index is 2.93. The number of benzene rings is 1. The summed E-state index contributed by atoms with van der Waals surface area (Å²) in [6.45, 7) is 2.29. The number of carbonyl (C=O) groups is 1. The fraction of sp³-hybridized carbons (Fsp3) is 0.222. The minimum absolute atomic E-state index is 0.404. The molecule has 0 N–H and O–H groups in total. The molecule has 0 aliphatic heterocycles. The van der Waals surface area contributed by atoms with E-state index >= 15 is 0 Å². The third-order valence-electron chi connectivity index (χ3n) is 1.55. The number of hydrogen-bond acceptors (Lipinski definition) is 3. The standard InChI is InChI=1S/C9H10O3/c1-7-5-8(12-6-10)3-4-9(7)11-2/h3-6H,1-2H3. The molecule has 0 aliphatic carbocycles. The van der Waals surface area contributed by atoms with E-state index in [1.807, 2.05) is 6.92 Å². The van der Waals surface area contributed by atoms with Gasteiger partial charge in [0.15, 0.2) is 0 Å². The second-order valence-corrected chi connectivity index (χ2v) is 2.35. The van der Waals surface area contributed by atoms with Crippen LogP contribution < -0.4 is 9.47 Å². The average molecular weight is 166 g/mol. The van der Waals surface area contributed by atoms with E-state index in [2.05, 4.69) is 4.74 Å². The van der Waals surface area contributed by atoms with Gasteiger partial charge in [0.25, 0.3) is 6.47 Å². The van der Waals surface area contributed by atoms with E-state index in [9.17, 15) is 4.79 Å². The second-order valence-electron chi connectivity index (χ2n) is 2.35. The van der Waals surface area contributed by atoms with E-state index in [-0.39, 0.29) is 0 Å². The molecule has 0 aliphatic rings. The van der Waals surface area contributed by atoms with Gasteiger partial charge in [0.2, 0.25) is 0 Å². The molecule has 1 rings (SSSR count). The lowest BCUT2D eigenvalue weighted by atomic mass is 10.2. The van der Waals surface area contributed by atoms with Gasteiger partial charge in [-0.25, -0.2) is 0 Å². The Kier molecular flexibility index (Phi) is 2.69. The number of hydrogen-bond donors (Lipinski definition) is 0. The highest BCUT2D eigenvalue weighted by Gasteiger charge is 1.99. The maximum atomic E-state index is 9.99. The minimum atomic E-state index is 0.404. The van der Waals surface area contributed by atoms with E-state index in [0.717, 1.165) is 11.3 Å². The lowest BCUT2D eigenvalue weighted by Crippen LogP contribution is -1.91. The second kappa shape index (κ2) is 3.76. The summed E-state index contributed by atoms with van der Waals surface area (Å²) in [5.41, 5.74) is 0.942. The smallest absolute Gasteiger partial charge is 0.298 e. The van der Waals surface area contributed by atoms with Gasteiger partial charge in [0.1, 0.15) is 11.5 Å². The maximum absolute atomic E-state index is 9.99. The van der Waals surface area contributed by atoms with E-state index < -0.39 is 0 Å². The Labute approximate surface area is 70.9 Å². The van der Waals surface area contributed by atoms with Crippen molar-refractivity contribution < 1.29 is 14.3 Å². The van der Waals surface area contributed by atoms with Crippen molar-refractivity contribution in [1.82, 2.24) is 0 Å². The number of methoxy groups -OCH3 is 1. The third kappa shape index (κ3) is 1.75. The molecule has 0 heterocycles. The summed E-state index contributed by atoms with van der Waals surface area (Å²) in [6.07, 6.45) is 0. The molecular formula is C9H10O3. The Morgan fingerprint density at radius 1 is 1.42 bits per heavy atom. The number of ether oxygens (including phenoxy) is 2. The van der Waals surface area contributed by atoms with Crippen molar-refractivity contribution in [2.75, 3.05) is 7.11 Å². The normalized spacial score (nSPS) is 9.17. The van der Waals surface area contributed by atoms with Crippen molar-refractivity contribution in [2.24, 2.45) is 0 Å². The molecule has 0 spiro atoms. The van der Waals surface area contributed by atoms with E-state index in [0.29, 0.717) is 12.2 Å². The summed E-state index contributed by atoms with van der Waals surface area (Å²) in [5, 5.41) is 0. The number of aryl methyl sites for hydroxylation is 1. The molecule has 1 aromatic rings. The van der Waals surface area contributed by atoms with Gasteiger partial charge in [-0.2, -0.15) is 0 Å². The molecule has 0 atom stereocenters. The molecule has 0 aromatic heterocycles. The van der Waals surface area contributed by atoms with Gasteiger partial charge in [-0.3, -0.25) is 4.79 Å². The molecular weight excluding hydrogens is 156 g/mol. The Morgan fingerprint density at radius 2 is 2.17 bits per heavy atom. The van der Waals surface area contributed by atoms with Crippen molar-refractivity contribution in [2.45, 2.75) is 6.92 Å². The van der Waals surface area contributed by atoms with Crippen LogP contribution in [0.2, 0.25) is 0 Å². The lowest BCUT2D eigenvalue weighted by Gasteiger charge is -2.04. The minimum Gasteiger partial charge on any atom is -0.496 e. The first-order valence-electron chi connectivity index (χ1n) is 3.53. The molecule has 3 heteroatoms. The molecule has 0 unspecified atom stereocenters. The van der Waals surface area contributed by atoms with E-state index in [1.165, 1.54) is 0 Å². The first-order valence-corrected chi connectivity index (χ1v) is 3.53. The van der Waals surface area contributed by atoms with Crippen LogP contribution in [0.4, 0.5) is 0 Å². The first-order chi connectivity index (χ1) is 5.77. The van der Waals surface area contributed by atoms with Crippen LogP contribution in [0.1, 0.15) is 5.56 Å². The Bertz CT molecular complexity index is 281. The van der Waals surface area contributed by atoms with Crippen LogP contribution in [0, 0.1) is 6.92 Å². The van der Waals surface area contributed by atoms with Crippen LogP contribution in [0.3, 0.4) is 0 Å². The molecule has 0 saturated heterocycles. The predicted octanol–water partition coefficient (Wildman–Crippen LogP) is 1.54. The van der Waals surface area contributed by atoms with Crippen LogP contribution in [0.5, 0.6) is 11.5 Å². The van der Waals surface area contributed by atoms with Crippen molar-refractivity contribution in [3.8, 4) is 11.5 Å². The summed E-state index contributed by atoms with van der Waals surface area (Å²) < 4.78 is 9.68. The lowest BCUT2D eigenvalue weighted by molar-refractivity contribution is -0.120. The molecule has 1 aromatic carbocycles. The van der Waals surface area contributed by atoms with Gasteiger partial charge < -0.3 is 9.47 Å². The monoisotopic (exact) mass is 166 g/mol. The van der Waals surface area contributed by atoms with Gasteiger partial charge in [-0.05, 0) is 30.7 Å². The largest absolute Gasteiger partial charge is 0.496 e. The highest BCUT2D eigenvalue weighted by molar-refractivity contribution is 5.48. The van der Waals surface area contributed by atoms with Crippen LogP contribution >= 0.6 is 0 Å². The molecule has 0 bridgehead atoms. The summed E-state index contributed by atoms with van der Waals surface area (Å²) >= 11 is 0. The molecule has 0 radical (unpaired) electrons. The van der Waals surface area contributed by atoms with Gasteiger partial charge in [0, 0.05) is 0 Å². The fourth-order valence-electron chi connectivity index (χ4n) is 0.980. The average Bonchev–Trinajstić information content (AvgIpc) is 2.05. The molecule has 0 fully saturated rings. The maximum Gasteiger partial charge on any atom is 0.298 e. The van der Waals surface area contributed by atoms with Gasteiger partial charge in [-0.15, -0.1) is 0 Å². The Hall–Kier alpha value is -1.51. The van der Waals surface area contributed by atoms with E-state index in [4.69, 9.17) is 4.74 Å². The zero-order chi connectivity index (χ0) is 8.97. The summed E-state index contributed by atoms with van der Waals surface area (Å²) in [7, 11) is 1.60. The van der Waals surface area contributed by atoms with Crippen molar-refractivity contribution in [3.63, 3.8) is 0 Å². The summed E-state index contributed by atoms with van der Waals surface area (Å²) in [5.74, 6) is 1.32. The van der Waals surface area contributed by atoms with Crippen LogP contribution in [0.25, 0.3) is 0 Å². The topological polar surface area (TPSA) is 35.5 Å². The molecule has 0 saturated carbocycles. The molecule has 3 nitrogen and oxygen atoms in total. The third-order valence-corrected chi connectivity index (χ3v) is 1.55. The highest BCUT2D eigenvalue weighted by Crippen LogP contribution is 2.22. The zero-order valence-electron chi connectivity index (χ0n) is 7.03. The van der Waals surface area contributed by atoms with Crippen LogP contribution in [-0.4, -0.2) is 13.6 Å². The fourth-order valence-corrected chi connectivity index (χ4v) is 0.980. The van der Waals surface area contributed by atoms with Gasteiger partial charge in [-0.1, -0.05) is 0 Å². The quantitative estimate of drug-likeness (QED) is 0.639. The summed E-state index contributed by atoms with van der Waals surface area (Å²) in [4.78, 5) is 9.99.